The minimum atomic E-state index is 0.0619. The summed E-state index contributed by atoms with van der Waals surface area (Å²) in [6.45, 7) is 0. The Hall–Kier alpha value is -1.88. The topological polar surface area (TPSA) is 62.2 Å². The van der Waals surface area contributed by atoms with Crippen molar-refractivity contribution in [3.8, 4) is 17.0 Å². The van der Waals surface area contributed by atoms with Crippen molar-refractivity contribution in [2.45, 2.75) is 12.8 Å². The summed E-state index contributed by atoms with van der Waals surface area (Å²) < 4.78 is 0. The van der Waals surface area contributed by atoms with Gasteiger partial charge in [-0.05, 0) is 25.0 Å². The molecule has 1 aliphatic rings. The lowest BCUT2D eigenvalue weighted by molar-refractivity contribution is -0.117. The highest BCUT2D eigenvalue weighted by molar-refractivity contribution is 7.14. The van der Waals surface area contributed by atoms with E-state index in [-0.39, 0.29) is 17.6 Å². The molecule has 18 heavy (non-hydrogen) atoms. The third kappa shape index (κ3) is 2.36. The molecule has 0 aliphatic heterocycles. The number of benzene rings is 1. The molecule has 2 aromatic rings. The Labute approximate surface area is 108 Å². The summed E-state index contributed by atoms with van der Waals surface area (Å²) in [7, 11) is 0. The molecule has 4 nitrogen and oxygen atoms in total. The number of nitrogens with one attached hydrogen (secondary N) is 1. The monoisotopic (exact) mass is 260 g/mol. The molecule has 1 aromatic carbocycles. The van der Waals surface area contributed by atoms with Crippen LogP contribution in [0.25, 0.3) is 11.3 Å². The van der Waals surface area contributed by atoms with Crippen LogP contribution in [0.1, 0.15) is 12.8 Å². The second-order valence-electron chi connectivity index (χ2n) is 4.35. The van der Waals surface area contributed by atoms with Crippen LogP contribution in [-0.4, -0.2) is 16.0 Å². The van der Waals surface area contributed by atoms with Gasteiger partial charge < -0.3 is 10.4 Å². The van der Waals surface area contributed by atoms with Crippen LogP contribution in [0.4, 0.5) is 5.13 Å². The Balaban J connectivity index is 1.78. The fourth-order valence-electron chi connectivity index (χ4n) is 1.68. The molecular formula is C13H12N2O2S. The van der Waals surface area contributed by atoms with Crippen molar-refractivity contribution in [3.05, 3.63) is 29.6 Å². The number of hydrogen-bond acceptors (Lipinski definition) is 4. The van der Waals surface area contributed by atoms with E-state index in [1.165, 1.54) is 11.3 Å². The maximum atomic E-state index is 11.6. The summed E-state index contributed by atoms with van der Waals surface area (Å²) in [5.74, 6) is 0.453. The highest BCUT2D eigenvalue weighted by Gasteiger charge is 2.30. The number of aromatic hydroxyl groups is 1. The van der Waals surface area contributed by atoms with Gasteiger partial charge >= 0.3 is 0 Å². The van der Waals surface area contributed by atoms with Crippen LogP contribution in [0.2, 0.25) is 0 Å². The summed E-state index contributed by atoms with van der Waals surface area (Å²) in [5, 5.41) is 14.7. The smallest absolute Gasteiger partial charge is 0.229 e. The number of carbonyl (C=O) groups is 1. The molecule has 0 spiro atoms. The average Bonchev–Trinajstić information content (AvgIpc) is 3.10. The first-order valence-corrected chi connectivity index (χ1v) is 6.66. The van der Waals surface area contributed by atoms with E-state index in [1.54, 1.807) is 18.2 Å². The Bertz CT molecular complexity index is 590. The Kier molecular flexibility index (Phi) is 2.76. The molecule has 0 bridgehead atoms. The molecule has 1 heterocycles. The number of anilines is 1. The zero-order valence-corrected chi connectivity index (χ0v) is 10.4. The number of rotatable bonds is 3. The van der Waals surface area contributed by atoms with E-state index < -0.39 is 0 Å². The lowest BCUT2D eigenvalue weighted by Crippen LogP contribution is -2.12. The molecule has 2 N–H and O–H groups in total. The van der Waals surface area contributed by atoms with Gasteiger partial charge in [0.2, 0.25) is 5.91 Å². The highest BCUT2D eigenvalue weighted by atomic mass is 32.1. The van der Waals surface area contributed by atoms with Crippen molar-refractivity contribution >= 4 is 22.4 Å². The molecule has 3 rings (SSSR count). The van der Waals surface area contributed by atoms with Crippen molar-refractivity contribution in [1.82, 2.24) is 4.98 Å². The molecule has 5 heteroatoms. The molecule has 0 atom stereocenters. The lowest BCUT2D eigenvalue weighted by atomic mass is 10.2. The van der Waals surface area contributed by atoms with E-state index in [2.05, 4.69) is 10.3 Å². The summed E-state index contributed by atoms with van der Waals surface area (Å²) >= 11 is 1.40. The fraction of sp³-hybridized carbons (Fsp3) is 0.231. The van der Waals surface area contributed by atoms with Gasteiger partial charge in [0.1, 0.15) is 5.75 Å². The summed E-state index contributed by atoms with van der Waals surface area (Å²) in [6, 6.07) is 6.92. The average molecular weight is 260 g/mol. The van der Waals surface area contributed by atoms with E-state index in [4.69, 9.17) is 0 Å². The molecule has 1 amide bonds. The van der Waals surface area contributed by atoms with Crippen LogP contribution >= 0.6 is 11.3 Å². The number of phenols is 1. The predicted molar refractivity (Wildman–Crippen MR) is 70.6 cm³/mol. The van der Waals surface area contributed by atoms with Gasteiger partial charge in [0.05, 0.1) is 5.69 Å². The summed E-state index contributed by atoms with van der Waals surface area (Å²) in [4.78, 5) is 15.9. The minimum absolute atomic E-state index is 0.0619. The molecular weight excluding hydrogens is 248 g/mol. The normalized spacial score (nSPS) is 14.4. The second kappa shape index (κ2) is 4.42. The first kappa shape index (κ1) is 11.2. The van der Waals surface area contributed by atoms with Crippen LogP contribution < -0.4 is 5.32 Å². The van der Waals surface area contributed by atoms with E-state index in [0.717, 1.165) is 24.1 Å². The number of nitrogens with zero attached hydrogens (tertiary/aromatic N) is 1. The van der Waals surface area contributed by atoms with E-state index in [1.807, 2.05) is 11.4 Å². The molecule has 1 fully saturated rings. The maximum Gasteiger partial charge on any atom is 0.229 e. The quantitative estimate of drug-likeness (QED) is 0.892. The molecule has 1 aromatic heterocycles. The lowest BCUT2D eigenvalue weighted by Gasteiger charge is -1.99. The van der Waals surface area contributed by atoms with Crippen molar-refractivity contribution in [2.24, 2.45) is 5.92 Å². The van der Waals surface area contributed by atoms with Gasteiger partial charge in [0, 0.05) is 16.9 Å². The van der Waals surface area contributed by atoms with Crippen molar-refractivity contribution in [2.75, 3.05) is 5.32 Å². The predicted octanol–water partition coefficient (Wildman–Crippen LogP) is 2.86. The first-order valence-electron chi connectivity index (χ1n) is 5.78. The third-order valence-corrected chi connectivity index (χ3v) is 3.58. The molecule has 1 aliphatic carbocycles. The Morgan fingerprint density at radius 3 is 3.00 bits per heavy atom. The first-order chi connectivity index (χ1) is 8.72. The molecule has 0 saturated heterocycles. The third-order valence-electron chi connectivity index (χ3n) is 2.82. The summed E-state index contributed by atoms with van der Waals surface area (Å²) in [5.41, 5.74) is 1.61. The fourth-order valence-corrected chi connectivity index (χ4v) is 2.40. The molecule has 0 unspecified atom stereocenters. The number of thiazole rings is 1. The molecule has 1 saturated carbocycles. The van der Waals surface area contributed by atoms with E-state index >= 15 is 0 Å². The summed E-state index contributed by atoms with van der Waals surface area (Å²) in [6.07, 6.45) is 1.97. The second-order valence-corrected chi connectivity index (χ2v) is 5.21. The maximum absolute atomic E-state index is 11.6. The molecule has 92 valence electrons. The number of amides is 1. The van der Waals surface area contributed by atoms with E-state index in [9.17, 15) is 9.90 Å². The van der Waals surface area contributed by atoms with Crippen LogP contribution in [0, 0.1) is 5.92 Å². The Morgan fingerprint density at radius 2 is 2.28 bits per heavy atom. The number of carbonyl (C=O) groups excluding carboxylic acids is 1. The van der Waals surface area contributed by atoms with Crippen LogP contribution in [0.3, 0.4) is 0 Å². The van der Waals surface area contributed by atoms with E-state index in [0.29, 0.717) is 5.13 Å². The number of phenolic OH excluding ortho intramolecular Hbond substituents is 1. The van der Waals surface area contributed by atoms with Gasteiger partial charge in [-0.2, -0.15) is 0 Å². The van der Waals surface area contributed by atoms with Gasteiger partial charge in [0.15, 0.2) is 5.13 Å². The number of aromatic nitrogens is 1. The Morgan fingerprint density at radius 1 is 1.44 bits per heavy atom. The van der Waals surface area contributed by atoms with Gasteiger partial charge in [-0.15, -0.1) is 11.3 Å². The zero-order valence-electron chi connectivity index (χ0n) is 9.59. The van der Waals surface area contributed by atoms with Crippen LogP contribution in [-0.2, 0) is 4.79 Å². The largest absolute Gasteiger partial charge is 0.508 e. The van der Waals surface area contributed by atoms with Crippen molar-refractivity contribution < 1.29 is 9.90 Å². The van der Waals surface area contributed by atoms with Gasteiger partial charge in [-0.3, -0.25) is 4.79 Å². The van der Waals surface area contributed by atoms with Crippen molar-refractivity contribution in [3.63, 3.8) is 0 Å². The highest BCUT2D eigenvalue weighted by Crippen LogP contribution is 2.32. The van der Waals surface area contributed by atoms with Gasteiger partial charge in [-0.25, -0.2) is 4.98 Å². The minimum Gasteiger partial charge on any atom is -0.508 e. The van der Waals surface area contributed by atoms with Crippen LogP contribution in [0.15, 0.2) is 29.6 Å². The van der Waals surface area contributed by atoms with Crippen LogP contribution in [0.5, 0.6) is 5.75 Å². The standard InChI is InChI=1S/C13H12N2O2S/c16-10-3-1-2-9(6-10)11-7-18-13(14-11)15-12(17)8-4-5-8/h1-3,6-8,16H,4-5H2,(H,14,15,17). The van der Waals surface area contributed by atoms with Gasteiger partial charge in [0.25, 0.3) is 0 Å². The number of hydrogen-bond donors (Lipinski definition) is 2. The zero-order chi connectivity index (χ0) is 12.5. The van der Waals surface area contributed by atoms with Gasteiger partial charge in [-0.1, -0.05) is 12.1 Å². The molecule has 0 radical (unpaired) electrons. The SMILES string of the molecule is O=C(Nc1nc(-c2cccc(O)c2)cs1)C1CC1. The van der Waals surface area contributed by atoms with Crippen molar-refractivity contribution in [1.29, 1.82) is 0 Å².